The van der Waals surface area contributed by atoms with Crippen molar-refractivity contribution in [3.8, 4) is 22.4 Å². The van der Waals surface area contributed by atoms with E-state index in [2.05, 4.69) is 25.0 Å². The Balaban J connectivity index is 1.30. The molecule has 12 heteroatoms. The molecule has 2 bridgehead atoms. The molecule has 0 amide bonds. The molecule has 6 heterocycles. The topological polar surface area (TPSA) is 158 Å². The molecule has 0 radical (unpaired) electrons. The van der Waals surface area contributed by atoms with Gasteiger partial charge in [0.15, 0.2) is 21.3 Å². The zero-order valence-corrected chi connectivity index (χ0v) is 23.2. The highest BCUT2D eigenvalue weighted by molar-refractivity contribution is 7.91. The standard InChI is InChI=1S/C29H29N9O2S/c1-41(39,40)26-25(19-11-20-8-9-21(12-19)37(20)29-23(30)15-32-16-34-29)36-28-22(14-35-38(28)27(26)31)18-7-10-24(33-13-18)17-5-3-2-4-6-17/h2-7,10,13-16,19-21H,8-9,11-12,30-31H2,1H3/t19-,20+,21-. The van der Waals surface area contributed by atoms with Gasteiger partial charge in [0.25, 0.3) is 0 Å². The van der Waals surface area contributed by atoms with Crippen LogP contribution in [0.25, 0.3) is 28.0 Å². The van der Waals surface area contributed by atoms with Crippen molar-refractivity contribution in [3.05, 3.63) is 73.1 Å². The predicted molar refractivity (Wildman–Crippen MR) is 157 cm³/mol. The summed E-state index contributed by atoms with van der Waals surface area (Å²) in [6.07, 6.45) is 11.1. The minimum Gasteiger partial charge on any atom is -0.394 e. The highest BCUT2D eigenvalue weighted by Crippen LogP contribution is 2.47. The second-order valence-electron chi connectivity index (χ2n) is 10.8. The van der Waals surface area contributed by atoms with Crippen LogP contribution < -0.4 is 16.4 Å². The average molecular weight is 568 g/mol. The van der Waals surface area contributed by atoms with Crippen molar-refractivity contribution in [2.24, 2.45) is 0 Å². The van der Waals surface area contributed by atoms with Gasteiger partial charge in [-0.15, -0.1) is 0 Å². The molecule has 4 aromatic heterocycles. The lowest BCUT2D eigenvalue weighted by atomic mass is 9.87. The number of nitrogen functional groups attached to an aromatic ring is 2. The molecule has 0 unspecified atom stereocenters. The number of hydrogen-bond acceptors (Lipinski definition) is 10. The normalized spacial score (nSPS) is 20.5. The molecule has 2 aliphatic rings. The molecule has 5 aromatic rings. The van der Waals surface area contributed by atoms with Crippen LogP contribution >= 0.6 is 0 Å². The first-order valence-electron chi connectivity index (χ1n) is 13.5. The quantitative estimate of drug-likeness (QED) is 0.320. The third kappa shape index (κ3) is 4.26. The second kappa shape index (κ2) is 9.51. The minimum absolute atomic E-state index is 0.0524. The molecule has 11 nitrogen and oxygen atoms in total. The molecule has 0 saturated carbocycles. The number of pyridine rings is 1. The van der Waals surface area contributed by atoms with Gasteiger partial charge in [0.2, 0.25) is 0 Å². The van der Waals surface area contributed by atoms with Crippen LogP contribution in [0.1, 0.15) is 37.3 Å². The number of nitrogens with two attached hydrogens (primary N) is 2. The second-order valence-corrected chi connectivity index (χ2v) is 12.8. The van der Waals surface area contributed by atoms with Crippen LogP contribution in [0.15, 0.2) is 72.3 Å². The third-order valence-electron chi connectivity index (χ3n) is 8.26. The van der Waals surface area contributed by atoms with Crippen molar-refractivity contribution in [1.29, 1.82) is 0 Å². The van der Waals surface area contributed by atoms with E-state index >= 15 is 0 Å². The Labute approximate surface area is 237 Å². The van der Waals surface area contributed by atoms with Gasteiger partial charge in [-0.2, -0.15) is 9.61 Å². The molecule has 41 heavy (non-hydrogen) atoms. The maximum Gasteiger partial charge on any atom is 0.180 e. The Morgan fingerprint density at radius 2 is 1.66 bits per heavy atom. The summed E-state index contributed by atoms with van der Waals surface area (Å²) in [7, 11) is -3.70. The first kappa shape index (κ1) is 25.4. The Morgan fingerprint density at radius 1 is 0.902 bits per heavy atom. The van der Waals surface area contributed by atoms with E-state index in [9.17, 15) is 8.42 Å². The lowest BCUT2D eigenvalue weighted by molar-refractivity contribution is 0.403. The first-order valence-corrected chi connectivity index (χ1v) is 15.4. The van der Waals surface area contributed by atoms with Gasteiger partial charge in [0.05, 0.1) is 29.5 Å². The summed E-state index contributed by atoms with van der Waals surface area (Å²) in [5.41, 5.74) is 17.7. The van der Waals surface area contributed by atoms with Gasteiger partial charge >= 0.3 is 0 Å². The van der Waals surface area contributed by atoms with Gasteiger partial charge in [-0.05, 0) is 31.7 Å². The smallest absolute Gasteiger partial charge is 0.180 e. The molecule has 3 atom stereocenters. The van der Waals surface area contributed by atoms with E-state index in [1.165, 1.54) is 17.1 Å². The molecule has 208 valence electrons. The van der Waals surface area contributed by atoms with E-state index in [1.54, 1.807) is 18.6 Å². The number of aromatic nitrogens is 6. The largest absolute Gasteiger partial charge is 0.394 e. The van der Waals surface area contributed by atoms with E-state index in [-0.39, 0.29) is 28.7 Å². The number of anilines is 3. The Morgan fingerprint density at radius 3 is 2.32 bits per heavy atom. The van der Waals surface area contributed by atoms with Crippen molar-refractivity contribution in [2.75, 3.05) is 22.6 Å². The SMILES string of the molecule is CS(=O)(=O)c1c([C@H]2C[C@H]3CC[C@@H](C2)N3c2ncncc2N)nc2c(-c3ccc(-c4ccccc4)nc3)cnn2c1N. The number of fused-ring (bicyclic) bond motifs is 3. The maximum atomic E-state index is 13.1. The fraction of sp³-hybridized carbons (Fsp3) is 0.276. The highest BCUT2D eigenvalue weighted by Gasteiger charge is 2.44. The van der Waals surface area contributed by atoms with Crippen LogP contribution in [0.5, 0.6) is 0 Å². The van der Waals surface area contributed by atoms with Crippen LogP contribution in [0.2, 0.25) is 0 Å². The number of benzene rings is 1. The van der Waals surface area contributed by atoms with E-state index in [0.29, 0.717) is 29.9 Å². The van der Waals surface area contributed by atoms with E-state index in [1.807, 2.05) is 42.5 Å². The van der Waals surface area contributed by atoms with Crippen LogP contribution in [-0.2, 0) is 9.84 Å². The lowest BCUT2D eigenvalue weighted by Gasteiger charge is -2.40. The molecule has 0 aliphatic carbocycles. The van der Waals surface area contributed by atoms with Crippen LogP contribution in [0.3, 0.4) is 0 Å². The molecule has 4 N–H and O–H groups in total. The highest BCUT2D eigenvalue weighted by atomic mass is 32.2. The molecule has 2 aliphatic heterocycles. The molecule has 7 rings (SSSR count). The molecule has 1 aromatic carbocycles. The fourth-order valence-corrected chi connectivity index (χ4v) is 7.57. The lowest BCUT2D eigenvalue weighted by Crippen LogP contribution is -2.43. The van der Waals surface area contributed by atoms with Gasteiger partial charge in [-0.3, -0.25) is 4.98 Å². The van der Waals surface area contributed by atoms with E-state index < -0.39 is 9.84 Å². The summed E-state index contributed by atoms with van der Waals surface area (Å²) in [5, 5.41) is 4.44. The van der Waals surface area contributed by atoms with Crippen LogP contribution in [0, 0.1) is 0 Å². The predicted octanol–water partition coefficient (Wildman–Crippen LogP) is 3.73. The Hall–Kier alpha value is -4.58. The van der Waals surface area contributed by atoms with Crippen molar-refractivity contribution >= 4 is 32.8 Å². The monoisotopic (exact) mass is 567 g/mol. The number of sulfone groups is 1. The number of rotatable bonds is 5. The minimum atomic E-state index is -3.70. The van der Waals surface area contributed by atoms with Crippen LogP contribution in [-0.4, -0.2) is 56.3 Å². The van der Waals surface area contributed by atoms with Gasteiger partial charge in [0.1, 0.15) is 17.0 Å². The van der Waals surface area contributed by atoms with Gasteiger partial charge in [0, 0.05) is 47.1 Å². The first-order chi connectivity index (χ1) is 19.8. The molecule has 2 fully saturated rings. The summed E-state index contributed by atoms with van der Waals surface area (Å²) in [6.45, 7) is 0. The molecule has 2 saturated heterocycles. The van der Waals surface area contributed by atoms with E-state index in [0.717, 1.165) is 41.0 Å². The van der Waals surface area contributed by atoms with Gasteiger partial charge < -0.3 is 16.4 Å². The number of nitrogens with zero attached hydrogens (tertiary/aromatic N) is 7. The molecular weight excluding hydrogens is 538 g/mol. The van der Waals surface area contributed by atoms with Crippen molar-refractivity contribution in [1.82, 2.24) is 29.5 Å². The average Bonchev–Trinajstić information content (AvgIpc) is 3.51. The summed E-state index contributed by atoms with van der Waals surface area (Å²) in [6, 6.07) is 14.2. The molecule has 0 spiro atoms. The van der Waals surface area contributed by atoms with Crippen molar-refractivity contribution in [3.63, 3.8) is 0 Å². The summed E-state index contributed by atoms with van der Waals surface area (Å²) in [4.78, 5) is 20.5. The van der Waals surface area contributed by atoms with Crippen molar-refractivity contribution in [2.45, 2.75) is 48.6 Å². The van der Waals surface area contributed by atoms with Gasteiger partial charge in [-0.1, -0.05) is 36.4 Å². The maximum absolute atomic E-state index is 13.1. The molecular formula is C29H29N9O2S. The summed E-state index contributed by atoms with van der Waals surface area (Å²) >= 11 is 0. The fourth-order valence-electron chi connectivity index (χ4n) is 6.51. The Bertz CT molecular complexity index is 1860. The van der Waals surface area contributed by atoms with E-state index in [4.69, 9.17) is 16.5 Å². The third-order valence-corrected chi connectivity index (χ3v) is 9.42. The zero-order chi connectivity index (χ0) is 28.3. The number of hydrogen-bond donors (Lipinski definition) is 2. The van der Waals surface area contributed by atoms with Crippen LogP contribution in [0.4, 0.5) is 17.3 Å². The van der Waals surface area contributed by atoms with Gasteiger partial charge in [-0.25, -0.2) is 23.4 Å². The summed E-state index contributed by atoms with van der Waals surface area (Å²) in [5.74, 6) is 0.703. The zero-order valence-electron chi connectivity index (χ0n) is 22.4. The van der Waals surface area contributed by atoms with Crippen molar-refractivity contribution < 1.29 is 8.42 Å². The Kier molecular flexibility index (Phi) is 5.89. The summed E-state index contributed by atoms with van der Waals surface area (Å²) < 4.78 is 27.6. The number of piperidine rings is 1.